The summed E-state index contributed by atoms with van der Waals surface area (Å²) in [5, 5.41) is 0. The molecule has 0 fully saturated rings. The summed E-state index contributed by atoms with van der Waals surface area (Å²) in [6.07, 6.45) is 1.82. The minimum atomic E-state index is -1.30. The number of hydrogen-bond donors (Lipinski definition) is 0. The lowest BCUT2D eigenvalue weighted by Gasteiger charge is -2.40. The second-order valence-corrected chi connectivity index (χ2v) is 5.60. The number of ketones is 1. The number of rotatable bonds is 4. The Morgan fingerprint density at radius 3 is 2.79 bits per heavy atom. The van der Waals surface area contributed by atoms with Crippen LogP contribution in [-0.4, -0.2) is 43.1 Å². The topological polar surface area (TPSA) is 88.1 Å². The number of fused-ring (bicyclic) bond motifs is 1. The molecule has 0 amide bonds. The third-order valence-corrected chi connectivity index (χ3v) is 3.95. The van der Waals surface area contributed by atoms with Crippen molar-refractivity contribution in [2.45, 2.75) is 25.0 Å². The molecular weight excluding hydrogens is 316 g/mol. The smallest absolute Gasteiger partial charge is 0.331 e. The standard InChI is InChI=1S/C17H16O7/c1-10(18)22-9-17(14-6-7-15(20)23-14)8-11(19)16-12(21-2)4-3-5-13(16)24-17/h3-7,14H,8-9H2,1-2H3/t14?,17-/m0/s1. The molecule has 2 aliphatic heterocycles. The van der Waals surface area contributed by atoms with Crippen LogP contribution in [0.15, 0.2) is 30.4 Å². The largest absolute Gasteiger partial charge is 0.496 e. The number of Topliss-reactive ketones (excluding diaryl/α,β-unsaturated/α-hetero) is 1. The Morgan fingerprint density at radius 1 is 1.38 bits per heavy atom. The summed E-state index contributed by atoms with van der Waals surface area (Å²) < 4.78 is 21.5. The van der Waals surface area contributed by atoms with Crippen LogP contribution in [-0.2, 0) is 19.1 Å². The van der Waals surface area contributed by atoms with E-state index in [0.717, 1.165) is 0 Å². The van der Waals surface area contributed by atoms with Gasteiger partial charge in [0.2, 0.25) is 0 Å². The second kappa shape index (κ2) is 5.99. The molecule has 3 rings (SSSR count). The number of esters is 2. The van der Waals surface area contributed by atoms with Gasteiger partial charge in [0.15, 0.2) is 17.5 Å². The maximum atomic E-state index is 12.7. The summed E-state index contributed by atoms with van der Waals surface area (Å²) in [5.74, 6) is -0.589. The summed E-state index contributed by atoms with van der Waals surface area (Å²) >= 11 is 0. The molecule has 24 heavy (non-hydrogen) atoms. The van der Waals surface area contributed by atoms with E-state index in [2.05, 4.69) is 0 Å². The van der Waals surface area contributed by atoms with E-state index in [9.17, 15) is 14.4 Å². The first kappa shape index (κ1) is 16.0. The van der Waals surface area contributed by atoms with Gasteiger partial charge in [0.1, 0.15) is 23.7 Å². The molecule has 0 spiro atoms. The molecule has 0 saturated carbocycles. The van der Waals surface area contributed by atoms with Gasteiger partial charge in [0.25, 0.3) is 0 Å². The highest BCUT2D eigenvalue weighted by atomic mass is 16.6. The zero-order valence-electron chi connectivity index (χ0n) is 13.2. The molecule has 7 heteroatoms. The van der Waals surface area contributed by atoms with Crippen LogP contribution in [0.4, 0.5) is 0 Å². The Labute approximate surface area is 138 Å². The minimum absolute atomic E-state index is 0.115. The van der Waals surface area contributed by atoms with Crippen LogP contribution in [0.5, 0.6) is 11.5 Å². The van der Waals surface area contributed by atoms with Gasteiger partial charge in [-0.05, 0) is 18.2 Å². The maximum Gasteiger partial charge on any atom is 0.331 e. The molecule has 7 nitrogen and oxygen atoms in total. The third-order valence-electron chi connectivity index (χ3n) is 3.95. The number of carbonyl (C=O) groups is 3. The molecule has 2 aliphatic rings. The SMILES string of the molecule is COc1cccc2c1C(=O)C[C@](COC(C)=O)(C1C=CC(=O)O1)O2. The number of carbonyl (C=O) groups excluding carboxylic acids is 3. The third kappa shape index (κ3) is 2.73. The van der Waals surface area contributed by atoms with Gasteiger partial charge < -0.3 is 18.9 Å². The normalized spacial score (nSPS) is 24.8. The number of benzene rings is 1. The first-order valence-electron chi connectivity index (χ1n) is 7.36. The molecule has 2 heterocycles. The molecule has 0 radical (unpaired) electrons. The van der Waals surface area contributed by atoms with E-state index in [1.54, 1.807) is 18.2 Å². The van der Waals surface area contributed by atoms with E-state index in [0.29, 0.717) is 17.1 Å². The summed E-state index contributed by atoms with van der Waals surface area (Å²) in [6, 6.07) is 4.97. The van der Waals surface area contributed by atoms with Crippen molar-refractivity contribution in [3.8, 4) is 11.5 Å². The van der Waals surface area contributed by atoms with Gasteiger partial charge >= 0.3 is 11.9 Å². The first-order valence-corrected chi connectivity index (χ1v) is 7.36. The van der Waals surface area contributed by atoms with Crippen molar-refractivity contribution in [3.05, 3.63) is 35.9 Å². The summed E-state index contributed by atoms with van der Waals surface area (Å²) in [6.45, 7) is 1.04. The second-order valence-electron chi connectivity index (χ2n) is 5.60. The molecule has 126 valence electrons. The molecule has 0 N–H and O–H groups in total. The molecule has 0 aromatic heterocycles. The van der Waals surface area contributed by atoms with Crippen molar-refractivity contribution in [2.75, 3.05) is 13.7 Å². The van der Waals surface area contributed by atoms with Gasteiger partial charge in [-0.15, -0.1) is 0 Å². The molecule has 2 atom stereocenters. The van der Waals surface area contributed by atoms with Crippen molar-refractivity contribution >= 4 is 17.7 Å². The van der Waals surface area contributed by atoms with Crippen molar-refractivity contribution in [2.24, 2.45) is 0 Å². The lowest BCUT2D eigenvalue weighted by atomic mass is 9.85. The van der Waals surface area contributed by atoms with Gasteiger partial charge in [0, 0.05) is 13.0 Å². The van der Waals surface area contributed by atoms with Crippen LogP contribution in [0.25, 0.3) is 0 Å². The van der Waals surface area contributed by atoms with Crippen molar-refractivity contribution in [1.29, 1.82) is 0 Å². The van der Waals surface area contributed by atoms with Crippen LogP contribution >= 0.6 is 0 Å². The predicted octanol–water partition coefficient (Wildman–Crippen LogP) is 1.44. The number of methoxy groups -OCH3 is 1. The van der Waals surface area contributed by atoms with Gasteiger partial charge in [-0.2, -0.15) is 0 Å². The lowest BCUT2D eigenvalue weighted by Crippen LogP contribution is -2.55. The zero-order chi connectivity index (χ0) is 17.3. The van der Waals surface area contributed by atoms with Crippen molar-refractivity contribution in [1.82, 2.24) is 0 Å². The number of hydrogen-bond acceptors (Lipinski definition) is 7. The zero-order valence-corrected chi connectivity index (χ0v) is 13.2. The van der Waals surface area contributed by atoms with Gasteiger partial charge in [0.05, 0.1) is 13.5 Å². The fourth-order valence-electron chi connectivity index (χ4n) is 2.85. The molecule has 1 aromatic rings. The monoisotopic (exact) mass is 332 g/mol. The fraction of sp³-hybridized carbons (Fsp3) is 0.353. The van der Waals surface area contributed by atoms with Crippen LogP contribution in [0, 0.1) is 0 Å². The van der Waals surface area contributed by atoms with Crippen LogP contribution in [0.1, 0.15) is 23.7 Å². The highest BCUT2D eigenvalue weighted by Gasteiger charge is 2.51. The Morgan fingerprint density at radius 2 is 2.17 bits per heavy atom. The van der Waals surface area contributed by atoms with Crippen molar-refractivity contribution < 1.29 is 33.3 Å². The van der Waals surface area contributed by atoms with Gasteiger partial charge in [-0.3, -0.25) is 9.59 Å². The predicted molar refractivity (Wildman–Crippen MR) is 81.0 cm³/mol. The maximum absolute atomic E-state index is 12.7. The van der Waals surface area contributed by atoms with Crippen LogP contribution in [0.2, 0.25) is 0 Å². The Bertz CT molecular complexity index is 736. The first-order chi connectivity index (χ1) is 11.4. The minimum Gasteiger partial charge on any atom is -0.496 e. The highest BCUT2D eigenvalue weighted by molar-refractivity contribution is 6.03. The van der Waals surface area contributed by atoms with Gasteiger partial charge in [-0.1, -0.05) is 6.07 Å². The van der Waals surface area contributed by atoms with Crippen LogP contribution in [0.3, 0.4) is 0 Å². The average Bonchev–Trinajstić information content (AvgIpc) is 2.99. The molecule has 0 aliphatic carbocycles. The summed E-state index contributed by atoms with van der Waals surface area (Å²) in [5.41, 5.74) is -0.975. The van der Waals surface area contributed by atoms with Crippen LogP contribution < -0.4 is 9.47 Å². The quantitative estimate of drug-likeness (QED) is 0.771. The van der Waals surface area contributed by atoms with Crippen molar-refractivity contribution in [3.63, 3.8) is 0 Å². The van der Waals surface area contributed by atoms with E-state index in [-0.39, 0.29) is 18.8 Å². The van der Waals surface area contributed by atoms with E-state index < -0.39 is 23.6 Å². The Hall–Kier alpha value is -2.83. The van der Waals surface area contributed by atoms with E-state index >= 15 is 0 Å². The fourth-order valence-corrected chi connectivity index (χ4v) is 2.85. The molecular formula is C17H16O7. The molecule has 0 bridgehead atoms. The number of cyclic esters (lactones) is 1. The lowest BCUT2D eigenvalue weighted by molar-refractivity contribution is -0.161. The van der Waals surface area contributed by atoms with E-state index in [4.69, 9.17) is 18.9 Å². The highest BCUT2D eigenvalue weighted by Crippen LogP contribution is 2.41. The van der Waals surface area contributed by atoms with E-state index in [1.807, 2.05) is 0 Å². The van der Waals surface area contributed by atoms with E-state index in [1.165, 1.54) is 26.2 Å². The average molecular weight is 332 g/mol. The summed E-state index contributed by atoms with van der Waals surface area (Å²) in [7, 11) is 1.46. The Balaban J connectivity index is 2.01. The van der Waals surface area contributed by atoms with Gasteiger partial charge in [-0.25, -0.2) is 4.79 Å². The molecule has 1 unspecified atom stereocenters. The molecule has 0 saturated heterocycles. The molecule has 1 aromatic carbocycles. The number of ether oxygens (including phenoxy) is 4. The summed E-state index contributed by atoms with van der Waals surface area (Å²) in [4.78, 5) is 35.4. The Kier molecular flexibility index (Phi) is 4.01.